The van der Waals surface area contributed by atoms with Gasteiger partial charge in [0, 0.05) is 19.7 Å². The molecule has 2 rings (SSSR count). The number of hydrogen-bond acceptors (Lipinski definition) is 6. The number of nitrogens with two attached hydrogens (primary N) is 3. The fraction of sp³-hybridized carbons (Fsp3) is 0.538. The van der Waals surface area contributed by atoms with Crippen LogP contribution in [0.4, 0.5) is 10.7 Å². The maximum Gasteiger partial charge on any atom is 0.260 e. The second-order valence-corrected chi connectivity index (χ2v) is 5.93. The van der Waals surface area contributed by atoms with Gasteiger partial charge >= 0.3 is 0 Å². The van der Waals surface area contributed by atoms with E-state index < -0.39 is 11.8 Å². The second-order valence-electron chi connectivity index (χ2n) is 4.93. The highest BCUT2D eigenvalue weighted by atomic mass is 32.1. The van der Waals surface area contributed by atoms with E-state index in [0.717, 1.165) is 30.8 Å². The van der Waals surface area contributed by atoms with Crippen LogP contribution >= 0.6 is 11.3 Å². The fourth-order valence-corrected chi connectivity index (χ4v) is 3.62. The van der Waals surface area contributed by atoms with Gasteiger partial charge in [0.15, 0.2) is 0 Å². The van der Waals surface area contributed by atoms with E-state index in [9.17, 15) is 9.59 Å². The lowest BCUT2D eigenvalue weighted by Crippen LogP contribution is -2.33. The number of primary amides is 2. The monoisotopic (exact) mass is 312 g/mol. The molecule has 6 N–H and O–H groups in total. The van der Waals surface area contributed by atoms with E-state index in [1.165, 1.54) is 0 Å². The summed E-state index contributed by atoms with van der Waals surface area (Å²) in [5.74, 6) is -1.31. The average Bonchev–Trinajstić information content (AvgIpc) is 3.02. The molecule has 116 valence electrons. The minimum atomic E-state index is -0.656. The Labute approximate surface area is 127 Å². The number of carbonyl (C=O) groups is 2. The number of ether oxygens (including phenoxy) is 1. The zero-order chi connectivity index (χ0) is 15.6. The van der Waals surface area contributed by atoms with E-state index in [4.69, 9.17) is 21.9 Å². The van der Waals surface area contributed by atoms with Gasteiger partial charge in [-0.2, -0.15) is 0 Å². The minimum Gasteiger partial charge on any atom is -0.397 e. The molecule has 1 aromatic rings. The number of hydrogen-bond donors (Lipinski definition) is 3. The summed E-state index contributed by atoms with van der Waals surface area (Å²) in [6, 6.07) is 0. The number of carbonyl (C=O) groups excluding carboxylic acids is 2. The van der Waals surface area contributed by atoms with Crippen LogP contribution in [-0.4, -0.2) is 37.6 Å². The van der Waals surface area contributed by atoms with Crippen LogP contribution in [0.25, 0.3) is 0 Å². The number of thiophene rings is 1. The van der Waals surface area contributed by atoms with Crippen LogP contribution < -0.4 is 22.1 Å². The quantitative estimate of drug-likeness (QED) is 0.706. The van der Waals surface area contributed by atoms with Gasteiger partial charge in [0.25, 0.3) is 11.8 Å². The average molecular weight is 312 g/mol. The summed E-state index contributed by atoms with van der Waals surface area (Å²) >= 11 is 1.11. The molecule has 2 heterocycles. The molecule has 0 aromatic carbocycles. The molecular weight excluding hydrogens is 292 g/mol. The third kappa shape index (κ3) is 3.11. The van der Waals surface area contributed by atoms with Crippen LogP contribution in [0.5, 0.6) is 0 Å². The Bertz CT molecular complexity index is 552. The van der Waals surface area contributed by atoms with Gasteiger partial charge < -0.3 is 26.8 Å². The highest BCUT2D eigenvalue weighted by molar-refractivity contribution is 7.19. The van der Waals surface area contributed by atoms with Crippen molar-refractivity contribution in [3.8, 4) is 0 Å². The summed E-state index contributed by atoms with van der Waals surface area (Å²) in [5.41, 5.74) is 16.8. The van der Waals surface area contributed by atoms with Crippen LogP contribution in [0.15, 0.2) is 0 Å². The zero-order valence-corrected chi connectivity index (χ0v) is 12.7. The van der Waals surface area contributed by atoms with Crippen LogP contribution in [0.2, 0.25) is 0 Å². The molecule has 21 heavy (non-hydrogen) atoms. The molecule has 1 aromatic heterocycles. The maximum absolute atomic E-state index is 11.7. The number of rotatable bonds is 6. The molecule has 0 radical (unpaired) electrons. The van der Waals surface area contributed by atoms with Crippen LogP contribution in [-0.2, 0) is 4.74 Å². The molecule has 1 fully saturated rings. The summed E-state index contributed by atoms with van der Waals surface area (Å²) < 4.78 is 5.62. The van der Waals surface area contributed by atoms with Gasteiger partial charge in [-0.3, -0.25) is 9.59 Å². The van der Waals surface area contributed by atoms with Crippen molar-refractivity contribution in [2.75, 3.05) is 30.3 Å². The third-order valence-corrected chi connectivity index (χ3v) is 4.79. The largest absolute Gasteiger partial charge is 0.397 e. The van der Waals surface area contributed by atoms with E-state index in [2.05, 4.69) is 0 Å². The number of nitrogen functional groups attached to an aromatic ring is 1. The first-order valence-corrected chi connectivity index (χ1v) is 7.65. The summed E-state index contributed by atoms with van der Waals surface area (Å²) in [6.45, 7) is 4.00. The predicted octanol–water partition coefficient (Wildman–Crippen LogP) is 0.533. The first-order chi connectivity index (χ1) is 9.95. The van der Waals surface area contributed by atoms with Crippen LogP contribution in [0, 0.1) is 0 Å². The van der Waals surface area contributed by atoms with Gasteiger partial charge in [-0.15, -0.1) is 11.3 Å². The van der Waals surface area contributed by atoms with Crippen molar-refractivity contribution in [3.05, 3.63) is 10.4 Å². The number of nitrogens with zero attached hydrogens (tertiary/aromatic N) is 1. The SMILES string of the molecule is CCN(CC1CCCO1)c1sc(C(N)=O)c(N)c1C(N)=O. The first-order valence-electron chi connectivity index (χ1n) is 6.84. The molecule has 0 aliphatic carbocycles. The minimum absolute atomic E-state index is 0.0702. The van der Waals surface area contributed by atoms with E-state index in [1.54, 1.807) is 0 Å². The van der Waals surface area contributed by atoms with Crippen LogP contribution in [0.1, 0.15) is 39.8 Å². The van der Waals surface area contributed by atoms with E-state index >= 15 is 0 Å². The number of likely N-dealkylation sites (N-methyl/N-ethyl adjacent to an activating group) is 1. The highest BCUT2D eigenvalue weighted by Gasteiger charge is 2.28. The van der Waals surface area contributed by atoms with Gasteiger partial charge in [0.05, 0.1) is 17.4 Å². The lowest BCUT2D eigenvalue weighted by Gasteiger charge is -2.25. The molecule has 1 atom stereocenters. The van der Waals surface area contributed by atoms with Gasteiger partial charge in [-0.25, -0.2) is 0 Å². The molecule has 7 nitrogen and oxygen atoms in total. The summed E-state index contributed by atoms with van der Waals surface area (Å²) in [4.78, 5) is 25.2. The summed E-state index contributed by atoms with van der Waals surface area (Å²) in [5, 5.41) is 0.590. The van der Waals surface area contributed by atoms with Crippen molar-refractivity contribution < 1.29 is 14.3 Å². The van der Waals surface area contributed by atoms with Gasteiger partial charge in [-0.1, -0.05) is 0 Å². The number of anilines is 2. The topological polar surface area (TPSA) is 125 Å². The molecule has 2 amide bonds. The smallest absolute Gasteiger partial charge is 0.260 e. The Balaban J connectivity index is 2.36. The highest BCUT2D eigenvalue weighted by Crippen LogP contribution is 2.38. The molecular formula is C13H20N4O3S. The van der Waals surface area contributed by atoms with E-state index in [-0.39, 0.29) is 22.2 Å². The molecule has 1 unspecified atom stereocenters. The maximum atomic E-state index is 11.7. The van der Waals surface area contributed by atoms with Crippen molar-refractivity contribution in [2.45, 2.75) is 25.9 Å². The van der Waals surface area contributed by atoms with Gasteiger partial charge in [-0.05, 0) is 19.8 Å². The summed E-state index contributed by atoms with van der Waals surface area (Å²) in [6.07, 6.45) is 2.13. The van der Waals surface area contributed by atoms with Gasteiger partial charge in [0.1, 0.15) is 9.88 Å². The normalized spacial score (nSPS) is 17.9. The van der Waals surface area contributed by atoms with E-state index in [0.29, 0.717) is 18.1 Å². The molecule has 0 spiro atoms. The predicted molar refractivity (Wildman–Crippen MR) is 82.6 cm³/mol. The third-order valence-electron chi connectivity index (χ3n) is 3.51. The molecule has 8 heteroatoms. The van der Waals surface area contributed by atoms with Crippen molar-refractivity contribution in [3.63, 3.8) is 0 Å². The summed E-state index contributed by atoms with van der Waals surface area (Å²) in [7, 11) is 0. The van der Waals surface area contributed by atoms with Gasteiger partial charge in [0.2, 0.25) is 0 Å². The lowest BCUT2D eigenvalue weighted by molar-refractivity contribution is 0.0998. The van der Waals surface area contributed by atoms with E-state index in [1.807, 2.05) is 11.8 Å². The molecule has 1 aliphatic heterocycles. The standard InChI is InChI=1S/C13H20N4O3S/c1-2-17(6-7-4-3-5-20-7)13-8(11(15)18)9(14)10(21-13)12(16)19/h7H,2-6,14H2,1H3,(H2,15,18)(H2,16,19). The van der Waals surface area contributed by atoms with Crippen molar-refractivity contribution in [1.29, 1.82) is 0 Å². The Morgan fingerprint density at radius 1 is 1.38 bits per heavy atom. The molecule has 1 saturated heterocycles. The lowest BCUT2D eigenvalue weighted by atomic mass is 10.2. The van der Waals surface area contributed by atoms with Crippen molar-refractivity contribution in [2.24, 2.45) is 11.5 Å². The Morgan fingerprint density at radius 3 is 2.57 bits per heavy atom. The Kier molecular flexibility index (Phi) is 4.69. The number of amides is 2. The molecule has 0 bridgehead atoms. The van der Waals surface area contributed by atoms with Crippen LogP contribution in [0.3, 0.4) is 0 Å². The second kappa shape index (κ2) is 6.31. The molecule has 1 aliphatic rings. The zero-order valence-electron chi connectivity index (χ0n) is 11.9. The Hall–Kier alpha value is -1.80. The Morgan fingerprint density at radius 2 is 2.10 bits per heavy atom. The van der Waals surface area contributed by atoms with Crippen molar-refractivity contribution in [1.82, 2.24) is 0 Å². The van der Waals surface area contributed by atoms with Crippen molar-refractivity contribution >= 4 is 33.8 Å². The fourth-order valence-electron chi connectivity index (χ4n) is 2.46. The molecule has 0 saturated carbocycles. The first kappa shape index (κ1) is 15.6.